The number of piperidine rings is 1. The molecule has 0 spiro atoms. The Bertz CT molecular complexity index is 386. The highest BCUT2D eigenvalue weighted by molar-refractivity contribution is 5.39. The van der Waals surface area contributed by atoms with Crippen LogP contribution in [0.3, 0.4) is 0 Å². The Kier molecular flexibility index (Phi) is 5.84. The van der Waals surface area contributed by atoms with E-state index in [2.05, 4.69) is 48.1 Å². The van der Waals surface area contributed by atoms with E-state index in [0.29, 0.717) is 5.92 Å². The maximum Gasteiger partial charge on any atom is 0.128 e. The SMILES string of the molecule is CCC1CCCN(c2ccc(CNCC(C)C)cn2)C1. The molecule has 0 aliphatic carbocycles. The molecule has 1 aromatic heterocycles. The van der Waals surface area contributed by atoms with Gasteiger partial charge in [0.05, 0.1) is 0 Å². The molecule has 1 atom stereocenters. The lowest BCUT2D eigenvalue weighted by Crippen LogP contribution is -2.35. The fraction of sp³-hybridized carbons (Fsp3) is 0.706. The Morgan fingerprint density at radius 2 is 2.25 bits per heavy atom. The fourth-order valence-corrected chi connectivity index (χ4v) is 2.82. The highest BCUT2D eigenvalue weighted by Crippen LogP contribution is 2.23. The minimum Gasteiger partial charge on any atom is -0.356 e. The van der Waals surface area contributed by atoms with Crippen molar-refractivity contribution in [1.29, 1.82) is 0 Å². The molecule has 1 fully saturated rings. The molecule has 3 heteroatoms. The summed E-state index contributed by atoms with van der Waals surface area (Å²) in [6, 6.07) is 4.40. The molecule has 1 N–H and O–H groups in total. The molecule has 0 amide bonds. The monoisotopic (exact) mass is 275 g/mol. The van der Waals surface area contributed by atoms with E-state index in [1.807, 2.05) is 6.20 Å². The molecule has 20 heavy (non-hydrogen) atoms. The molecule has 1 aliphatic heterocycles. The Morgan fingerprint density at radius 1 is 1.40 bits per heavy atom. The molecule has 2 heterocycles. The number of hydrogen-bond acceptors (Lipinski definition) is 3. The zero-order valence-corrected chi connectivity index (χ0v) is 13.2. The first kappa shape index (κ1) is 15.3. The first-order valence-corrected chi connectivity index (χ1v) is 8.09. The third kappa shape index (κ3) is 4.48. The van der Waals surface area contributed by atoms with Crippen LogP contribution in [0.25, 0.3) is 0 Å². The Morgan fingerprint density at radius 3 is 2.90 bits per heavy atom. The van der Waals surface area contributed by atoms with Crippen molar-refractivity contribution in [3.05, 3.63) is 23.9 Å². The molecule has 0 radical (unpaired) electrons. The van der Waals surface area contributed by atoms with Crippen molar-refractivity contribution in [1.82, 2.24) is 10.3 Å². The second kappa shape index (κ2) is 7.63. The van der Waals surface area contributed by atoms with Crippen LogP contribution in [0.4, 0.5) is 5.82 Å². The van der Waals surface area contributed by atoms with Gasteiger partial charge in [-0.25, -0.2) is 4.98 Å². The lowest BCUT2D eigenvalue weighted by Gasteiger charge is -2.33. The van der Waals surface area contributed by atoms with Crippen molar-refractivity contribution in [2.75, 3.05) is 24.5 Å². The van der Waals surface area contributed by atoms with Crippen LogP contribution in [-0.2, 0) is 6.54 Å². The van der Waals surface area contributed by atoms with Gasteiger partial charge >= 0.3 is 0 Å². The molecule has 3 nitrogen and oxygen atoms in total. The van der Waals surface area contributed by atoms with Crippen LogP contribution in [0.2, 0.25) is 0 Å². The minimum absolute atomic E-state index is 0.696. The van der Waals surface area contributed by atoms with Gasteiger partial charge in [0, 0.05) is 25.8 Å². The third-order valence-corrected chi connectivity index (χ3v) is 4.11. The van der Waals surface area contributed by atoms with Gasteiger partial charge in [-0.15, -0.1) is 0 Å². The van der Waals surface area contributed by atoms with Gasteiger partial charge in [-0.2, -0.15) is 0 Å². The topological polar surface area (TPSA) is 28.2 Å². The van der Waals surface area contributed by atoms with Gasteiger partial charge in [-0.3, -0.25) is 0 Å². The molecule has 1 aromatic rings. The first-order chi connectivity index (χ1) is 9.69. The van der Waals surface area contributed by atoms with Crippen molar-refractivity contribution in [2.24, 2.45) is 11.8 Å². The molecule has 0 saturated carbocycles. The summed E-state index contributed by atoms with van der Waals surface area (Å²) in [5.74, 6) is 2.69. The maximum atomic E-state index is 4.65. The van der Waals surface area contributed by atoms with E-state index in [1.54, 1.807) is 0 Å². The average molecular weight is 275 g/mol. The summed E-state index contributed by atoms with van der Waals surface area (Å²) >= 11 is 0. The molecule has 1 unspecified atom stereocenters. The second-order valence-electron chi connectivity index (χ2n) is 6.41. The summed E-state index contributed by atoms with van der Waals surface area (Å²) in [4.78, 5) is 7.10. The van der Waals surface area contributed by atoms with Gasteiger partial charge in [-0.05, 0) is 42.9 Å². The average Bonchev–Trinajstić information content (AvgIpc) is 2.48. The lowest BCUT2D eigenvalue weighted by atomic mass is 9.96. The Balaban J connectivity index is 1.87. The summed E-state index contributed by atoms with van der Waals surface area (Å²) < 4.78 is 0. The molecule has 0 aromatic carbocycles. The van der Waals surface area contributed by atoms with Crippen LogP contribution in [-0.4, -0.2) is 24.6 Å². The predicted octanol–water partition coefficient (Wildman–Crippen LogP) is 3.45. The lowest BCUT2D eigenvalue weighted by molar-refractivity contribution is 0.403. The number of nitrogens with zero attached hydrogens (tertiary/aromatic N) is 2. The highest BCUT2D eigenvalue weighted by Gasteiger charge is 2.19. The molecule has 2 rings (SSSR count). The summed E-state index contributed by atoms with van der Waals surface area (Å²) in [6.45, 7) is 11.1. The van der Waals surface area contributed by atoms with E-state index >= 15 is 0 Å². The Hall–Kier alpha value is -1.09. The van der Waals surface area contributed by atoms with E-state index in [1.165, 1.54) is 31.4 Å². The summed E-state index contributed by atoms with van der Waals surface area (Å²) in [7, 11) is 0. The van der Waals surface area contributed by atoms with E-state index in [9.17, 15) is 0 Å². The molecule has 1 saturated heterocycles. The second-order valence-corrected chi connectivity index (χ2v) is 6.41. The van der Waals surface area contributed by atoms with E-state index in [-0.39, 0.29) is 0 Å². The van der Waals surface area contributed by atoms with Crippen molar-refractivity contribution in [2.45, 2.75) is 46.6 Å². The van der Waals surface area contributed by atoms with Crippen molar-refractivity contribution < 1.29 is 0 Å². The highest BCUT2D eigenvalue weighted by atomic mass is 15.2. The van der Waals surface area contributed by atoms with Crippen LogP contribution in [0, 0.1) is 11.8 Å². The number of pyridine rings is 1. The quantitative estimate of drug-likeness (QED) is 0.862. The maximum absolute atomic E-state index is 4.65. The molecular formula is C17H29N3. The molecule has 0 bridgehead atoms. The van der Waals surface area contributed by atoms with Crippen LogP contribution in [0.1, 0.15) is 45.6 Å². The number of aromatic nitrogens is 1. The largest absolute Gasteiger partial charge is 0.356 e. The zero-order chi connectivity index (χ0) is 14.4. The molecule has 112 valence electrons. The summed E-state index contributed by atoms with van der Waals surface area (Å²) in [5.41, 5.74) is 1.28. The van der Waals surface area contributed by atoms with Crippen LogP contribution in [0.15, 0.2) is 18.3 Å². The van der Waals surface area contributed by atoms with E-state index < -0.39 is 0 Å². The number of rotatable bonds is 6. The number of anilines is 1. The van der Waals surface area contributed by atoms with E-state index in [0.717, 1.165) is 31.4 Å². The van der Waals surface area contributed by atoms with Gasteiger partial charge in [0.25, 0.3) is 0 Å². The van der Waals surface area contributed by atoms with Gasteiger partial charge in [0.1, 0.15) is 5.82 Å². The summed E-state index contributed by atoms with van der Waals surface area (Å²) in [5, 5.41) is 3.46. The smallest absolute Gasteiger partial charge is 0.128 e. The minimum atomic E-state index is 0.696. The van der Waals surface area contributed by atoms with Crippen LogP contribution >= 0.6 is 0 Å². The predicted molar refractivity (Wildman–Crippen MR) is 86.0 cm³/mol. The third-order valence-electron chi connectivity index (χ3n) is 4.11. The van der Waals surface area contributed by atoms with Gasteiger partial charge in [0.15, 0.2) is 0 Å². The van der Waals surface area contributed by atoms with Crippen molar-refractivity contribution >= 4 is 5.82 Å². The standard InChI is InChI=1S/C17H29N3/c1-4-15-6-5-9-20(13-15)17-8-7-16(12-19-17)11-18-10-14(2)3/h7-8,12,14-15,18H,4-6,9-11,13H2,1-3H3. The van der Waals surface area contributed by atoms with Crippen LogP contribution < -0.4 is 10.2 Å². The zero-order valence-electron chi connectivity index (χ0n) is 13.2. The van der Waals surface area contributed by atoms with Crippen molar-refractivity contribution in [3.63, 3.8) is 0 Å². The summed E-state index contributed by atoms with van der Waals surface area (Å²) in [6.07, 6.45) is 5.99. The van der Waals surface area contributed by atoms with Gasteiger partial charge in [0.2, 0.25) is 0 Å². The number of nitrogens with one attached hydrogen (secondary N) is 1. The first-order valence-electron chi connectivity index (χ1n) is 8.09. The van der Waals surface area contributed by atoms with Gasteiger partial charge in [-0.1, -0.05) is 33.3 Å². The normalized spacial score (nSPS) is 19.6. The molecule has 1 aliphatic rings. The van der Waals surface area contributed by atoms with Crippen molar-refractivity contribution in [3.8, 4) is 0 Å². The van der Waals surface area contributed by atoms with E-state index in [4.69, 9.17) is 0 Å². The number of hydrogen-bond donors (Lipinski definition) is 1. The molecular weight excluding hydrogens is 246 g/mol. The fourth-order valence-electron chi connectivity index (χ4n) is 2.82. The Labute approximate surface area is 123 Å². The van der Waals surface area contributed by atoms with Crippen LogP contribution in [0.5, 0.6) is 0 Å². The van der Waals surface area contributed by atoms with Gasteiger partial charge < -0.3 is 10.2 Å².